The van der Waals surface area contributed by atoms with Crippen molar-refractivity contribution < 1.29 is 14.3 Å². The van der Waals surface area contributed by atoms with Crippen LogP contribution in [0, 0.1) is 6.92 Å². The quantitative estimate of drug-likeness (QED) is 0.240. The van der Waals surface area contributed by atoms with Crippen molar-refractivity contribution in [3.8, 4) is 5.75 Å². The van der Waals surface area contributed by atoms with E-state index in [-0.39, 0.29) is 17.6 Å². The Morgan fingerprint density at radius 1 is 0.950 bits per heavy atom. The molecular weight excluding hydrogens is 498 g/mol. The molecule has 2 amide bonds. The van der Waals surface area contributed by atoms with Gasteiger partial charge in [0.25, 0.3) is 11.8 Å². The predicted molar refractivity (Wildman–Crippen MR) is 158 cm³/mol. The minimum absolute atomic E-state index is 0.137. The van der Waals surface area contributed by atoms with Crippen LogP contribution >= 0.6 is 0 Å². The van der Waals surface area contributed by atoms with Crippen LogP contribution in [0.1, 0.15) is 32.6 Å². The highest BCUT2D eigenvalue weighted by Crippen LogP contribution is 2.36. The summed E-state index contributed by atoms with van der Waals surface area (Å²) < 4.78 is 6.02. The molecule has 0 fully saturated rings. The number of aryl methyl sites for hydroxylation is 1. The number of amides is 2. The minimum Gasteiger partial charge on any atom is -0.449 e. The van der Waals surface area contributed by atoms with Gasteiger partial charge in [-0.25, -0.2) is 0 Å². The van der Waals surface area contributed by atoms with Crippen molar-refractivity contribution >= 4 is 34.5 Å². The Labute approximate surface area is 232 Å². The number of benzene rings is 4. The third kappa shape index (κ3) is 5.24. The maximum absolute atomic E-state index is 13.5. The number of nitrogens with zero attached hydrogens (tertiary/aromatic N) is 1. The van der Waals surface area contributed by atoms with Crippen LogP contribution in [-0.2, 0) is 17.8 Å². The van der Waals surface area contributed by atoms with Gasteiger partial charge in [0.2, 0.25) is 0 Å². The number of hydrogen-bond donors (Lipinski definition) is 2. The molecule has 0 aliphatic carbocycles. The molecule has 1 aromatic heterocycles. The number of fused-ring (bicyclic) bond motifs is 2. The van der Waals surface area contributed by atoms with Crippen molar-refractivity contribution in [2.45, 2.75) is 19.9 Å². The van der Waals surface area contributed by atoms with Gasteiger partial charge in [-0.2, -0.15) is 0 Å². The number of hydrogen-bond acceptors (Lipinski definition) is 3. The normalized spacial score (nSPS) is 13.8. The number of aromatic nitrogens is 1. The van der Waals surface area contributed by atoms with Crippen molar-refractivity contribution in [2.24, 2.45) is 0 Å². The Balaban J connectivity index is 1.15. The van der Waals surface area contributed by atoms with Crippen LogP contribution < -0.4 is 15.0 Å². The van der Waals surface area contributed by atoms with Crippen molar-refractivity contribution in [1.29, 1.82) is 0 Å². The second-order valence-corrected chi connectivity index (χ2v) is 9.95. The molecule has 0 radical (unpaired) electrons. The van der Waals surface area contributed by atoms with Gasteiger partial charge in [0.05, 0.1) is 12.2 Å². The summed E-state index contributed by atoms with van der Waals surface area (Å²) in [4.78, 5) is 31.3. The lowest BCUT2D eigenvalue weighted by molar-refractivity contribution is -0.117. The van der Waals surface area contributed by atoms with E-state index < -0.39 is 0 Å². The number of H-pyrrole nitrogens is 1. The molecular formula is C34H29N3O3. The maximum atomic E-state index is 13.5. The number of anilines is 1. The molecule has 0 atom stereocenters. The van der Waals surface area contributed by atoms with Gasteiger partial charge in [0.15, 0.2) is 11.5 Å². The molecule has 198 valence electrons. The Bertz CT molecular complexity index is 1730. The first-order valence-corrected chi connectivity index (χ1v) is 13.3. The number of carbonyl (C=O) groups is 2. The summed E-state index contributed by atoms with van der Waals surface area (Å²) >= 11 is 0. The summed E-state index contributed by atoms with van der Waals surface area (Å²) in [5, 5.41) is 4.17. The molecule has 0 unspecified atom stereocenters. The van der Waals surface area contributed by atoms with Crippen LogP contribution in [0.2, 0.25) is 0 Å². The molecule has 4 aromatic carbocycles. The van der Waals surface area contributed by atoms with E-state index in [9.17, 15) is 9.59 Å². The second-order valence-electron chi connectivity index (χ2n) is 9.95. The van der Waals surface area contributed by atoms with Crippen molar-refractivity contribution in [3.63, 3.8) is 0 Å². The first-order valence-electron chi connectivity index (χ1n) is 13.3. The summed E-state index contributed by atoms with van der Waals surface area (Å²) in [6.45, 7) is 3.01. The number of rotatable bonds is 7. The Kier molecular flexibility index (Phi) is 6.89. The van der Waals surface area contributed by atoms with Crippen LogP contribution in [0.3, 0.4) is 0 Å². The molecule has 6 heteroatoms. The van der Waals surface area contributed by atoms with Gasteiger partial charge >= 0.3 is 0 Å². The molecule has 40 heavy (non-hydrogen) atoms. The van der Waals surface area contributed by atoms with Gasteiger partial charge in [0, 0.05) is 29.2 Å². The summed E-state index contributed by atoms with van der Waals surface area (Å²) in [5.74, 6) is 0.524. The van der Waals surface area contributed by atoms with Crippen LogP contribution in [0.5, 0.6) is 5.75 Å². The number of ether oxygens (including phenoxy) is 1. The molecule has 0 spiro atoms. The SMILES string of the molecule is Cc1cccc(CN2C(=O)/C(=C\c3ccc(C(=O)NCCc4c[nH]c5ccccc45)cc3)Oc3ccccc32)c1. The lowest BCUT2D eigenvalue weighted by Gasteiger charge is -2.30. The zero-order valence-electron chi connectivity index (χ0n) is 22.2. The minimum atomic E-state index is -0.209. The van der Waals surface area contributed by atoms with Gasteiger partial charge in [0.1, 0.15) is 0 Å². The van der Waals surface area contributed by atoms with E-state index in [0.717, 1.165) is 34.3 Å². The zero-order valence-corrected chi connectivity index (χ0v) is 22.2. The number of aromatic amines is 1. The topological polar surface area (TPSA) is 74.4 Å². The van der Waals surface area contributed by atoms with Gasteiger partial charge in [-0.15, -0.1) is 0 Å². The average molecular weight is 528 g/mol. The highest BCUT2D eigenvalue weighted by Gasteiger charge is 2.30. The zero-order chi connectivity index (χ0) is 27.5. The molecule has 0 saturated heterocycles. The third-order valence-corrected chi connectivity index (χ3v) is 7.08. The van der Waals surface area contributed by atoms with Gasteiger partial charge in [-0.1, -0.05) is 72.3 Å². The lowest BCUT2D eigenvalue weighted by atomic mass is 10.1. The van der Waals surface area contributed by atoms with Crippen molar-refractivity contribution in [2.75, 3.05) is 11.4 Å². The summed E-state index contributed by atoms with van der Waals surface area (Å²) in [6, 6.07) is 31.0. The van der Waals surface area contributed by atoms with Crippen LogP contribution in [0.25, 0.3) is 17.0 Å². The highest BCUT2D eigenvalue weighted by molar-refractivity contribution is 6.09. The Morgan fingerprint density at radius 3 is 2.60 bits per heavy atom. The van der Waals surface area contributed by atoms with Gasteiger partial charge in [-0.05, 0) is 66.4 Å². The molecule has 0 saturated carbocycles. The van der Waals surface area contributed by atoms with E-state index in [2.05, 4.69) is 22.4 Å². The predicted octanol–water partition coefficient (Wildman–Crippen LogP) is 6.42. The highest BCUT2D eigenvalue weighted by atomic mass is 16.5. The standard InChI is InChI=1S/C34H29N3O3/c1-23-7-6-8-25(19-23)22-37-30-11-4-5-12-31(30)40-32(34(37)39)20-24-13-15-26(16-14-24)33(38)35-18-17-27-21-36-29-10-3-2-9-28(27)29/h2-16,19-21,36H,17-18,22H2,1H3,(H,35,38)/b32-20+. The largest absolute Gasteiger partial charge is 0.449 e. The molecule has 2 heterocycles. The van der Waals surface area contributed by atoms with E-state index in [1.165, 1.54) is 10.9 Å². The van der Waals surface area contributed by atoms with Crippen molar-refractivity contribution in [1.82, 2.24) is 10.3 Å². The van der Waals surface area contributed by atoms with Crippen LogP contribution in [-0.4, -0.2) is 23.3 Å². The molecule has 6 rings (SSSR count). The average Bonchev–Trinajstić information content (AvgIpc) is 3.38. The fraction of sp³-hybridized carbons (Fsp3) is 0.118. The summed E-state index contributed by atoms with van der Waals surface area (Å²) in [5.41, 5.74) is 6.53. The summed E-state index contributed by atoms with van der Waals surface area (Å²) in [7, 11) is 0. The van der Waals surface area contributed by atoms with Crippen molar-refractivity contribution in [3.05, 3.63) is 137 Å². The smallest absolute Gasteiger partial charge is 0.294 e. The fourth-order valence-electron chi connectivity index (χ4n) is 5.05. The van der Waals surface area contributed by atoms with E-state index in [1.807, 2.05) is 85.9 Å². The molecule has 0 bridgehead atoms. The van der Waals surface area contributed by atoms with Gasteiger partial charge in [-0.3, -0.25) is 14.5 Å². The van der Waals surface area contributed by atoms with Crippen LogP contribution in [0.4, 0.5) is 5.69 Å². The number of nitrogens with one attached hydrogen (secondary N) is 2. The lowest BCUT2D eigenvalue weighted by Crippen LogP contribution is -2.36. The number of para-hydroxylation sites is 3. The van der Waals surface area contributed by atoms with E-state index in [1.54, 1.807) is 23.1 Å². The first-order chi connectivity index (χ1) is 19.5. The maximum Gasteiger partial charge on any atom is 0.294 e. The first kappa shape index (κ1) is 25.2. The number of carbonyl (C=O) groups excluding carboxylic acids is 2. The second kappa shape index (κ2) is 10.9. The Morgan fingerprint density at radius 2 is 1.75 bits per heavy atom. The van der Waals surface area contributed by atoms with Crippen LogP contribution in [0.15, 0.2) is 109 Å². The molecule has 2 N–H and O–H groups in total. The fourth-order valence-corrected chi connectivity index (χ4v) is 5.05. The molecule has 1 aliphatic heterocycles. The monoisotopic (exact) mass is 527 g/mol. The molecule has 1 aliphatic rings. The Hall–Kier alpha value is -5.10. The summed E-state index contributed by atoms with van der Waals surface area (Å²) in [6.07, 6.45) is 4.45. The van der Waals surface area contributed by atoms with E-state index >= 15 is 0 Å². The van der Waals surface area contributed by atoms with E-state index in [4.69, 9.17) is 4.74 Å². The molecule has 6 nitrogen and oxygen atoms in total. The third-order valence-electron chi connectivity index (χ3n) is 7.08. The van der Waals surface area contributed by atoms with Gasteiger partial charge < -0.3 is 15.0 Å². The molecule has 5 aromatic rings. The van der Waals surface area contributed by atoms with E-state index in [0.29, 0.717) is 24.4 Å².